The molecule has 5 aromatic rings. The Hall–Kier alpha value is -5.03. The van der Waals surface area contributed by atoms with Crippen LogP contribution in [0.15, 0.2) is 126 Å². The van der Waals surface area contributed by atoms with E-state index in [1.807, 2.05) is 18.2 Å². The van der Waals surface area contributed by atoms with E-state index < -0.39 is 0 Å². The molecule has 0 saturated carbocycles. The third kappa shape index (κ3) is 4.73. The predicted molar refractivity (Wildman–Crippen MR) is 195 cm³/mol. The molecule has 0 aromatic heterocycles. The molecule has 0 fully saturated rings. The van der Waals surface area contributed by atoms with Gasteiger partial charge in [0.05, 0.1) is 5.69 Å². The van der Waals surface area contributed by atoms with E-state index in [0.717, 1.165) is 41.1 Å². The van der Waals surface area contributed by atoms with Crippen molar-refractivity contribution in [1.82, 2.24) is 0 Å². The molecule has 2 aliphatic heterocycles. The van der Waals surface area contributed by atoms with Crippen LogP contribution in [-0.4, -0.2) is 12.6 Å². The zero-order valence-electron chi connectivity index (χ0n) is 26.8. The summed E-state index contributed by atoms with van der Waals surface area (Å²) in [6.45, 7) is 6.43. The summed E-state index contributed by atoms with van der Waals surface area (Å²) in [7, 11) is 0. The minimum Gasteiger partial charge on any atom is -0.443 e. The summed E-state index contributed by atoms with van der Waals surface area (Å²) in [6, 6.07) is 39.5. The van der Waals surface area contributed by atoms with Gasteiger partial charge in [-0.15, -0.1) is 0 Å². The topological polar surface area (TPSA) is 28.1 Å². The smallest absolute Gasteiger partial charge is 0.252 e. The fraction of sp³-hybridized carbons (Fsp3) is 0.195. The second-order valence-corrected chi connectivity index (χ2v) is 12.6. The molecule has 5 aromatic carbocycles. The first-order valence-corrected chi connectivity index (χ1v) is 16.6. The molecular formula is C41H38BN3O. The van der Waals surface area contributed by atoms with Crippen LogP contribution >= 0.6 is 0 Å². The highest BCUT2D eigenvalue weighted by Gasteiger charge is 2.43. The number of anilines is 5. The normalized spacial score (nSPS) is 15.2. The lowest BCUT2D eigenvalue weighted by molar-refractivity contribution is 0.532. The zero-order chi connectivity index (χ0) is 31.2. The Morgan fingerprint density at radius 1 is 0.717 bits per heavy atom. The summed E-state index contributed by atoms with van der Waals surface area (Å²) < 4.78 is 6.39. The molecule has 226 valence electrons. The molecule has 0 spiro atoms. The maximum Gasteiger partial charge on any atom is 0.252 e. The molecule has 0 saturated heterocycles. The number of hydrogen-bond acceptors (Lipinski definition) is 4. The van der Waals surface area contributed by atoms with Crippen LogP contribution in [0.2, 0.25) is 0 Å². The number of aryl methyl sites for hydroxylation is 2. The number of fused-ring (bicyclic) bond motifs is 4. The number of ether oxygens (including phenoxy) is 1. The maximum atomic E-state index is 6.39. The van der Waals surface area contributed by atoms with Gasteiger partial charge in [-0.2, -0.15) is 0 Å². The van der Waals surface area contributed by atoms with Gasteiger partial charge in [0.15, 0.2) is 5.90 Å². The molecule has 0 unspecified atom stereocenters. The van der Waals surface area contributed by atoms with Crippen molar-refractivity contribution in [3.8, 4) is 5.75 Å². The van der Waals surface area contributed by atoms with Gasteiger partial charge in [-0.3, -0.25) is 0 Å². The van der Waals surface area contributed by atoms with Crippen molar-refractivity contribution in [2.24, 2.45) is 4.99 Å². The zero-order valence-corrected chi connectivity index (χ0v) is 26.8. The summed E-state index contributed by atoms with van der Waals surface area (Å²) in [6.07, 6.45) is 7.89. The highest BCUT2D eigenvalue weighted by Crippen LogP contribution is 2.44. The Kier molecular flexibility index (Phi) is 7.25. The Balaban J connectivity index is 1.36. The number of allylic oxidation sites excluding steroid dienone is 2. The molecule has 3 aliphatic rings. The van der Waals surface area contributed by atoms with E-state index in [1.165, 1.54) is 57.7 Å². The van der Waals surface area contributed by atoms with E-state index in [1.54, 1.807) is 0 Å². The highest BCUT2D eigenvalue weighted by atomic mass is 16.5. The van der Waals surface area contributed by atoms with Gasteiger partial charge in [-0.1, -0.05) is 73.7 Å². The highest BCUT2D eigenvalue weighted by molar-refractivity contribution is 7.00. The average Bonchev–Trinajstić information content (AvgIpc) is 3.10. The van der Waals surface area contributed by atoms with Crippen LogP contribution in [0.5, 0.6) is 5.75 Å². The van der Waals surface area contributed by atoms with Crippen LogP contribution in [0, 0.1) is 13.8 Å². The molecule has 1 aliphatic carbocycles. The second kappa shape index (κ2) is 11.7. The number of rotatable bonds is 5. The first-order valence-electron chi connectivity index (χ1n) is 16.6. The van der Waals surface area contributed by atoms with Crippen molar-refractivity contribution >= 4 is 63.1 Å². The summed E-state index contributed by atoms with van der Waals surface area (Å²) in [4.78, 5) is 10.2. The molecule has 0 radical (unpaired) electrons. The summed E-state index contributed by atoms with van der Waals surface area (Å²) >= 11 is 0. The minimum absolute atomic E-state index is 0.0784. The van der Waals surface area contributed by atoms with Crippen LogP contribution in [0.1, 0.15) is 50.2 Å². The van der Waals surface area contributed by atoms with E-state index in [9.17, 15) is 0 Å². The van der Waals surface area contributed by atoms with Gasteiger partial charge in [0, 0.05) is 40.6 Å². The lowest BCUT2D eigenvalue weighted by Crippen LogP contribution is -2.61. The Labute approximate surface area is 272 Å². The summed E-state index contributed by atoms with van der Waals surface area (Å²) in [5, 5.41) is 0. The SMILES string of the molecule is CC/C(=N\c1cc2c(cc1C)N(c1ccccc1)c1cccc3c1B2c1ccccc1N3C1=CCCCC1)Oc1ccccc1C. The molecule has 5 heteroatoms. The molecule has 0 atom stereocenters. The predicted octanol–water partition coefficient (Wildman–Crippen LogP) is 9.03. The molecule has 0 amide bonds. The number of benzene rings is 5. The van der Waals surface area contributed by atoms with Gasteiger partial charge >= 0.3 is 0 Å². The van der Waals surface area contributed by atoms with E-state index >= 15 is 0 Å². The maximum absolute atomic E-state index is 6.39. The number of aliphatic imine (C=N–C) groups is 1. The van der Waals surface area contributed by atoms with Crippen LogP contribution in [-0.2, 0) is 0 Å². The lowest BCUT2D eigenvalue weighted by atomic mass is 9.33. The van der Waals surface area contributed by atoms with Crippen LogP contribution in [0.4, 0.5) is 34.1 Å². The van der Waals surface area contributed by atoms with Crippen molar-refractivity contribution in [3.63, 3.8) is 0 Å². The molecular weight excluding hydrogens is 561 g/mol. The molecule has 0 bridgehead atoms. The van der Waals surface area contributed by atoms with Gasteiger partial charge in [0.25, 0.3) is 6.71 Å². The minimum atomic E-state index is 0.0784. The molecule has 8 rings (SSSR count). The quantitative estimate of drug-likeness (QED) is 0.112. The number of para-hydroxylation sites is 3. The first-order chi connectivity index (χ1) is 22.6. The average molecular weight is 600 g/mol. The van der Waals surface area contributed by atoms with Gasteiger partial charge < -0.3 is 14.5 Å². The first kappa shape index (κ1) is 28.4. The number of hydrogen-bond donors (Lipinski definition) is 0. The lowest BCUT2D eigenvalue weighted by Gasteiger charge is -2.45. The van der Waals surface area contributed by atoms with Crippen LogP contribution < -0.4 is 30.9 Å². The Morgan fingerprint density at radius 3 is 2.24 bits per heavy atom. The largest absolute Gasteiger partial charge is 0.443 e. The standard InChI is InChI=1S/C41H38BN3O/c1-4-40(46-39-25-14-11-16-28(39)2)43-34-27-33-38(26-29(34)3)45(31-19-9-6-10-20-31)37-24-15-23-36-41(37)42(33)32-21-12-13-22-35(32)44(36)30-17-7-5-8-18-30/h6,9-17,19-27H,4-5,7-8,18H2,1-3H3/b43-40+. The van der Waals surface area contributed by atoms with Crippen molar-refractivity contribution < 1.29 is 4.74 Å². The third-order valence-electron chi connectivity index (χ3n) is 9.65. The molecule has 2 heterocycles. The Bertz CT molecular complexity index is 2010. The fourth-order valence-electron chi connectivity index (χ4n) is 7.44. The number of nitrogens with zero attached hydrogens (tertiary/aromatic N) is 3. The molecule has 0 N–H and O–H groups in total. The van der Waals surface area contributed by atoms with Crippen LogP contribution in [0.25, 0.3) is 0 Å². The van der Waals surface area contributed by atoms with Gasteiger partial charge in [0.2, 0.25) is 0 Å². The van der Waals surface area contributed by atoms with E-state index in [-0.39, 0.29) is 6.71 Å². The van der Waals surface area contributed by atoms with E-state index in [0.29, 0.717) is 12.3 Å². The van der Waals surface area contributed by atoms with Crippen molar-refractivity contribution in [2.45, 2.75) is 52.9 Å². The van der Waals surface area contributed by atoms with Gasteiger partial charge in [0.1, 0.15) is 5.75 Å². The summed E-state index contributed by atoms with van der Waals surface area (Å²) in [5.74, 6) is 1.57. The van der Waals surface area contributed by atoms with E-state index in [2.05, 4.69) is 128 Å². The Morgan fingerprint density at radius 2 is 1.46 bits per heavy atom. The van der Waals surface area contributed by atoms with Crippen molar-refractivity contribution in [1.29, 1.82) is 0 Å². The van der Waals surface area contributed by atoms with Gasteiger partial charge in [-0.05, 0) is 116 Å². The van der Waals surface area contributed by atoms with Crippen LogP contribution in [0.3, 0.4) is 0 Å². The van der Waals surface area contributed by atoms with Gasteiger partial charge in [-0.25, -0.2) is 4.99 Å². The third-order valence-corrected chi connectivity index (χ3v) is 9.65. The van der Waals surface area contributed by atoms with Crippen molar-refractivity contribution in [2.75, 3.05) is 9.80 Å². The summed E-state index contributed by atoms with van der Waals surface area (Å²) in [5.41, 5.74) is 14.7. The second-order valence-electron chi connectivity index (χ2n) is 12.6. The monoisotopic (exact) mass is 599 g/mol. The van der Waals surface area contributed by atoms with Crippen molar-refractivity contribution in [3.05, 3.63) is 132 Å². The fourth-order valence-corrected chi connectivity index (χ4v) is 7.44. The molecule has 46 heavy (non-hydrogen) atoms. The van der Waals surface area contributed by atoms with E-state index in [4.69, 9.17) is 9.73 Å². The molecule has 4 nitrogen and oxygen atoms in total.